The van der Waals surface area contributed by atoms with Crippen LogP contribution in [0.3, 0.4) is 0 Å². The fourth-order valence-corrected chi connectivity index (χ4v) is 0.693. The average Bonchev–Trinajstić information content (AvgIpc) is 1.86. The highest BCUT2D eigenvalue weighted by atomic mass is 35.5. The van der Waals surface area contributed by atoms with Crippen LogP contribution in [0.25, 0.3) is 0 Å². The van der Waals surface area contributed by atoms with Crippen molar-refractivity contribution in [2.45, 2.75) is 0 Å². The second-order valence-electron chi connectivity index (χ2n) is 1.98. The molecule has 0 fully saturated rings. The number of hydrogen-bond donors (Lipinski definition) is 0. The van der Waals surface area contributed by atoms with Gasteiger partial charge in [0.1, 0.15) is 0 Å². The molecule has 0 unspecified atom stereocenters. The van der Waals surface area contributed by atoms with Crippen LogP contribution in [-0.2, 0) is 0 Å². The van der Waals surface area contributed by atoms with Crippen LogP contribution < -0.4 is 5.59 Å². The van der Waals surface area contributed by atoms with E-state index < -0.39 is 12.6 Å². The summed E-state index contributed by atoms with van der Waals surface area (Å²) < 4.78 is 35.6. The Kier molecular flexibility index (Phi) is 2.09. The SMILES string of the molecule is F[B-](F)(F)c1ccc(Cl)cn1. The van der Waals surface area contributed by atoms with Crippen LogP contribution in [-0.4, -0.2) is 12.0 Å². The van der Waals surface area contributed by atoms with Crippen LogP contribution in [0.1, 0.15) is 0 Å². The molecule has 0 aliphatic heterocycles. The lowest BCUT2D eigenvalue weighted by molar-refractivity contribution is 0.498. The van der Waals surface area contributed by atoms with Crippen molar-refractivity contribution in [1.29, 1.82) is 0 Å². The normalized spacial score (nSPS) is 11.6. The van der Waals surface area contributed by atoms with Crippen molar-refractivity contribution < 1.29 is 12.9 Å². The lowest BCUT2D eigenvalue weighted by atomic mass is 9.86. The van der Waals surface area contributed by atoms with Crippen LogP contribution in [0.15, 0.2) is 18.3 Å². The Labute approximate surface area is 66.3 Å². The molecular weight excluding hydrogens is 177 g/mol. The van der Waals surface area contributed by atoms with Gasteiger partial charge in [0, 0.05) is 6.20 Å². The maximum absolute atomic E-state index is 11.9. The van der Waals surface area contributed by atoms with E-state index in [-0.39, 0.29) is 5.02 Å². The van der Waals surface area contributed by atoms with Crippen molar-refractivity contribution >= 4 is 24.2 Å². The van der Waals surface area contributed by atoms with Gasteiger partial charge in [-0.15, -0.1) is 0 Å². The molecule has 0 aromatic carbocycles. The molecule has 1 rings (SSSR count). The van der Waals surface area contributed by atoms with Gasteiger partial charge in [-0.05, 0) is 11.7 Å². The molecule has 1 nitrogen and oxygen atoms in total. The zero-order chi connectivity index (χ0) is 8.48. The number of aromatic nitrogens is 1. The molecule has 0 N–H and O–H groups in total. The van der Waals surface area contributed by atoms with Gasteiger partial charge >= 0.3 is 6.98 Å². The molecule has 60 valence electrons. The number of hydrogen-bond acceptors (Lipinski definition) is 1. The summed E-state index contributed by atoms with van der Waals surface area (Å²) in [5.74, 6) is 0. The Hall–Kier alpha value is -0.705. The lowest BCUT2D eigenvalue weighted by Gasteiger charge is -2.12. The molecule has 6 heteroatoms. The van der Waals surface area contributed by atoms with Crippen molar-refractivity contribution in [2.75, 3.05) is 0 Å². The molecule has 0 aliphatic rings. The molecule has 0 amide bonds. The van der Waals surface area contributed by atoms with E-state index in [1.165, 1.54) is 6.07 Å². The highest BCUT2D eigenvalue weighted by Crippen LogP contribution is 2.09. The first kappa shape index (κ1) is 8.39. The zero-order valence-electron chi connectivity index (χ0n) is 5.27. The van der Waals surface area contributed by atoms with Crippen molar-refractivity contribution in [3.8, 4) is 0 Å². The Morgan fingerprint density at radius 3 is 2.27 bits per heavy atom. The Balaban J connectivity index is 2.99. The van der Waals surface area contributed by atoms with E-state index in [1.807, 2.05) is 0 Å². The molecule has 0 aliphatic carbocycles. The lowest BCUT2D eigenvalue weighted by Crippen LogP contribution is -2.36. The maximum Gasteiger partial charge on any atom is 0.527 e. The third kappa shape index (κ3) is 2.11. The minimum absolute atomic E-state index is 0.203. The van der Waals surface area contributed by atoms with Gasteiger partial charge in [0.25, 0.3) is 0 Å². The van der Waals surface area contributed by atoms with E-state index >= 15 is 0 Å². The van der Waals surface area contributed by atoms with Gasteiger partial charge in [0.2, 0.25) is 0 Å². The molecule has 0 radical (unpaired) electrons. The molecule has 0 saturated heterocycles. The van der Waals surface area contributed by atoms with E-state index in [4.69, 9.17) is 11.6 Å². The first-order valence-corrected chi connectivity index (χ1v) is 3.19. The number of pyridine rings is 1. The summed E-state index contributed by atoms with van der Waals surface area (Å²) in [6.07, 6.45) is 0.978. The van der Waals surface area contributed by atoms with Crippen molar-refractivity contribution in [2.24, 2.45) is 0 Å². The van der Waals surface area contributed by atoms with Gasteiger partial charge in [-0.3, -0.25) is 4.98 Å². The zero-order valence-corrected chi connectivity index (χ0v) is 6.02. The second kappa shape index (κ2) is 2.73. The van der Waals surface area contributed by atoms with Gasteiger partial charge < -0.3 is 12.9 Å². The summed E-state index contributed by atoms with van der Waals surface area (Å²) in [4.78, 5) is 3.12. The van der Waals surface area contributed by atoms with E-state index in [0.29, 0.717) is 0 Å². The summed E-state index contributed by atoms with van der Waals surface area (Å²) in [7, 11) is 0. The third-order valence-corrected chi connectivity index (χ3v) is 1.31. The van der Waals surface area contributed by atoms with E-state index in [9.17, 15) is 12.9 Å². The highest BCUT2D eigenvalue weighted by molar-refractivity contribution is 6.72. The molecule has 1 aromatic heterocycles. The molecule has 0 bridgehead atoms. The highest BCUT2D eigenvalue weighted by Gasteiger charge is 2.26. The Morgan fingerprint density at radius 2 is 1.91 bits per heavy atom. The topological polar surface area (TPSA) is 12.9 Å². The van der Waals surface area contributed by atoms with Gasteiger partial charge in [0.15, 0.2) is 0 Å². The van der Waals surface area contributed by atoms with Crippen LogP contribution in [0.5, 0.6) is 0 Å². The summed E-state index contributed by atoms with van der Waals surface area (Å²) in [5.41, 5.74) is -0.866. The van der Waals surface area contributed by atoms with Crippen LogP contribution in [0.4, 0.5) is 12.9 Å². The molecular formula is C5H3BClF3N-. The smallest absolute Gasteiger partial charge is 0.444 e. The van der Waals surface area contributed by atoms with Gasteiger partial charge in [-0.2, -0.15) is 0 Å². The fraction of sp³-hybridized carbons (Fsp3) is 0. The number of rotatable bonds is 1. The average molecular weight is 180 g/mol. The van der Waals surface area contributed by atoms with Gasteiger partial charge in [0.05, 0.1) is 5.02 Å². The second-order valence-corrected chi connectivity index (χ2v) is 2.41. The number of halogens is 4. The van der Waals surface area contributed by atoms with Crippen molar-refractivity contribution in [3.63, 3.8) is 0 Å². The molecule has 1 aromatic rings. The fourth-order valence-electron chi connectivity index (χ4n) is 0.581. The molecule has 0 saturated carbocycles. The van der Waals surface area contributed by atoms with Crippen LogP contribution in [0.2, 0.25) is 5.02 Å². The summed E-state index contributed by atoms with van der Waals surface area (Å²) in [6, 6.07) is 2.03. The first-order chi connectivity index (χ1) is 5.00. The van der Waals surface area contributed by atoms with Crippen molar-refractivity contribution in [3.05, 3.63) is 23.4 Å². The van der Waals surface area contributed by atoms with Crippen molar-refractivity contribution in [1.82, 2.24) is 4.98 Å². The standard InChI is InChI=1S/C5H3BClF3N/c7-4-1-2-5(11-3-4)6(8,9)10/h1-3H/q-1. The summed E-state index contributed by atoms with van der Waals surface area (Å²) >= 11 is 5.34. The Bertz CT molecular complexity index is 245. The van der Waals surface area contributed by atoms with Gasteiger partial charge in [-0.1, -0.05) is 17.7 Å². The van der Waals surface area contributed by atoms with E-state index in [2.05, 4.69) is 4.98 Å². The summed E-state index contributed by atoms with van der Waals surface area (Å²) in [6.45, 7) is -4.99. The van der Waals surface area contributed by atoms with E-state index in [0.717, 1.165) is 12.3 Å². The monoisotopic (exact) mass is 180 g/mol. The first-order valence-electron chi connectivity index (χ1n) is 2.81. The molecule has 11 heavy (non-hydrogen) atoms. The van der Waals surface area contributed by atoms with Crippen LogP contribution >= 0.6 is 11.6 Å². The molecule has 1 heterocycles. The largest absolute Gasteiger partial charge is 0.527 e. The van der Waals surface area contributed by atoms with Crippen LogP contribution in [0, 0.1) is 0 Å². The van der Waals surface area contributed by atoms with Gasteiger partial charge in [-0.25, -0.2) is 0 Å². The minimum Gasteiger partial charge on any atom is -0.444 e. The molecule has 0 spiro atoms. The van der Waals surface area contributed by atoms with E-state index in [1.54, 1.807) is 0 Å². The minimum atomic E-state index is -4.99. The third-order valence-electron chi connectivity index (χ3n) is 1.09. The maximum atomic E-state index is 11.9. The number of nitrogens with zero attached hydrogens (tertiary/aromatic N) is 1. The molecule has 0 atom stereocenters. The Morgan fingerprint density at radius 1 is 1.27 bits per heavy atom. The predicted molar refractivity (Wildman–Crippen MR) is 38.0 cm³/mol. The quantitative estimate of drug-likeness (QED) is 0.600. The predicted octanol–water partition coefficient (Wildman–Crippen LogP) is 1.79. The summed E-state index contributed by atoms with van der Waals surface area (Å²) in [5, 5.41) is 0.203.